The summed E-state index contributed by atoms with van der Waals surface area (Å²) in [6, 6.07) is 0. The highest BCUT2D eigenvalue weighted by molar-refractivity contribution is 5.70. The summed E-state index contributed by atoms with van der Waals surface area (Å²) in [7, 11) is 0. The van der Waals surface area contributed by atoms with E-state index >= 15 is 0 Å². The lowest BCUT2D eigenvalue weighted by Crippen LogP contribution is -2.54. The Balaban J connectivity index is 2.06. The molecule has 2 rings (SSSR count). The van der Waals surface area contributed by atoms with Crippen LogP contribution in [0.25, 0.3) is 0 Å². The summed E-state index contributed by atoms with van der Waals surface area (Å²) in [6.45, 7) is 6.31. The molecule has 1 saturated heterocycles. The smallest absolute Gasteiger partial charge is 0.410 e. The quantitative estimate of drug-likeness (QED) is 0.687. The van der Waals surface area contributed by atoms with Gasteiger partial charge in [0.1, 0.15) is 5.60 Å². The van der Waals surface area contributed by atoms with Crippen LogP contribution in [-0.2, 0) is 4.74 Å². The summed E-state index contributed by atoms with van der Waals surface area (Å²) in [5, 5.41) is 9.97. The summed E-state index contributed by atoms with van der Waals surface area (Å²) >= 11 is 0. The molecule has 2 fully saturated rings. The summed E-state index contributed by atoms with van der Waals surface area (Å²) in [5.41, 5.74) is -0.754. The first-order chi connectivity index (χ1) is 7.35. The largest absolute Gasteiger partial charge is 0.444 e. The number of hydrogen-bond acceptors (Lipinski definition) is 3. The number of nitrogens with zero attached hydrogens (tertiary/aromatic N) is 1. The molecule has 0 bridgehead atoms. The summed E-state index contributed by atoms with van der Waals surface area (Å²) in [6.07, 6.45) is 2.85. The van der Waals surface area contributed by atoms with Crippen LogP contribution in [0.5, 0.6) is 0 Å². The molecule has 4 heteroatoms. The summed E-state index contributed by atoms with van der Waals surface area (Å²) in [5.74, 6) is 0. The molecule has 1 unspecified atom stereocenters. The average molecular weight is 227 g/mol. The summed E-state index contributed by atoms with van der Waals surface area (Å²) in [4.78, 5) is 13.7. The van der Waals surface area contributed by atoms with Gasteiger partial charge in [-0.15, -0.1) is 0 Å². The van der Waals surface area contributed by atoms with Crippen LogP contribution in [0.2, 0.25) is 0 Å². The molecule has 1 aliphatic carbocycles. The first-order valence-electron chi connectivity index (χ1n) is 6.04. The van der Waals surface area contributed by atoms with Gasteiger partial charge >= 0.3 is 6.09 Å². The highest BCUT2D eigenvalue weighted by Crippen LogP contribution is 2.48. The number of aliphatic hydroxyl groups excluding tert-OH is 1. The topological polar surface area (TPSA) is 49.8 Å². The SMILES string of the molecule is CC(C)(C)OC(=O)N1CCCC(O)C12CC2. The van der Waals surface area contributed by atoms with Gasteiger partial charge in [0.2, 0.25) is 0 Å². The molecule has 0 aromatic carbocycles. The van der Waals surface area contributed by atoms with E-state index in [1.165, 1.54) is 0 Å². The zero-order valence-corrected chi connectivity index (χ0v) is 10.3. The minimum atomic E-state index is -0.463. The van der Waals surface area contributed by atoms with E-state index in [0.29, 0.717) is 6.54 Å². The molecule has 16 heavy (non-hydrogen) atoms. The molecule has 1 amide bonds. The predicted octanol–water partition coefficient (Wildman–Crippen LogP) is 1.91. The Kier molecular flexibility index (Phi) is 2.65. The lowest BCUT2D eigenvalue weighted by Gasteiger charge is -2.40. The van der Waals surface area contributed by atoms with E-state index in [1.807, 2.05) is 20.8 Å². The van der Waals surface area contributed by atoms with Crippen LogP contribution in [0.1, 0.15) is 46.5 Å². The second kappa shape index (κ2) is 3.62. The molecular weight excluding hydrogens is 206 g/mol. The molecule has 0 aromatic rings. The van der Waals surface area contributed by atoms with Crippen LogP contribution < -0.4 is 0 Å². The van der Waals surface area contributed by atoms with Crippen LogP contribution in [0.4, 0.5) is 4.79 Å². The fourth-order valence-electron chi connectivity index (χ4n) is 2.44. The fourth-order valence-corrected chi connectivity index (χ4v) is 2.44. The lowest BCUT2D eigenvalue weighted by atomic mass is 9.97. The Morgan fingerprint density at radius 3 is 2.56 bits per heavy atom. The number of aliphatic hydroxyl groups is 1. The molecule has 1 spiro atoms. The number of carbonyl (C=O) groups is 1. The number of hydrogen-bond donors (Lipinski definition) is 1. The van der Waals surface area contributed by atoms with Crippen LogP contribution >= 0.6 is 0 Å². The van der Waals surface area contributed by atoms with E-state index in [0.717, 1.165) is 25.7 Å². The maximum Gasteiger partial charge on any atom is 0.410 e. The Bertz CT molecular complexity index is 291. The monoisotopic (exact) mass is 227 g/mol. The number of amides is 1. The zero-order valence-electron chi connectivity index (χ0n) is 10.3. The van der Waals surface area contributed by atoms with Gasteiger partial charge < -0.3 is 9.84 Å². The van der Waals surface area contributed by atoms with Crippen molar-refractivity contribution < 1.29 is 14.6 Å². The average Bonchev–Trinajstić information content (AvgIpc) is 2.88. The van der Waals surface area contributed by atoms with Crippen molar-refractivity contribution in [2.24, 2.45) is 0 Å². The van der Waals surface area contributed by atoms with Crippen molar-refractivity contribution in [2.45, 2.75) is 63.7 Å². The van der Waals surface area contributed by atoms with E-state index in [1.54, 1.807) is 4.90 Å². The van der Waals surface area contributed by atoms with Crippen LogP contribution in [0.3, 0.4) is 0 Å². The van der Waals surface area contributed by atoms with Crippen LogP contribution in [-0.4, -0.2) is 39.9 Å². The molecule has 1 heterocycles. The van der Waals surface area contributed by atoms with Crippen molar-refractivity contribution in [3.63, 3.8) is 0 Å². The van der Waals surface area contributed by atoms with E-state index < -0.39 is 5.60 Å². The van der Waals surface area contributed by atoms with Gasteiger partial charge in [-0.1, -0.05) is 0 Å². The van der Waals surface area contributed by atoms with Crippen LogP contribution in [0.15, 0.2) is 0 Å². The van der Waals surface area contributed by atoms with Crippen molar-refractivity contribution in [1.29, 1.82) is 0 Å². The third-order valence-corrected chi connectivity index (χ3v) is 3.39. The number of rotatable bonds is 0. The fraction of sp³-hybridized carbons (Fsp3) is 0.917. The highest BCUT2D eigenvalue weighted by atomic mass is 16.6. The third kappa shape index (κ3) is 2.03. The first-order valence-corrected chi connectivity index (χ1v) is 6.04. The van der Waals surface area contributed by atoms with Gasteiger partial charge in [0.25, 0.3) is 0 Å². The Morgan fingerprint density at radius 2 is 2.06 bits per heavy atom. The second-order valence-corrected chi connectivity index (χ2v) is 5.89. The second-order valence-electron chi connectivity index (χ2n) is 5.89. The van der Waals surface area contributed by atoms with E-state index in [9.17, 15) is 9.90 Å². The molecule has 0 radical (unpaired) electrons. The minimum Gasteiger partial charge on any atom is -0.444 e. The summed E-state index contributed by atoms with van der Waals surface area (Å²) < 4.78 is 5.38. The van der Waals surface area contributed by atoms with Crippen molar-refractivity contribution in [1.82, 2.24) is 4.90 Å². The minimum absolute atomic E-state index is 0.274. The number of piperidine rings is 1. The molecule has 1 atom stereocenters. The Hall–Kier alpha value is -0.770. The highest BCUT2D eigenvalue weighted by Gasteiger charge is 2.57. The van der Waals surface area contributed by atoms with Gasteiger partial charge in [0.05, 0.1) is 11.6 Å². The number of likely N-dealkylation sites (tertiary alicyclic amines) is 1. The van der Waals surface area contributed by atoms with E-state index in [-0.39, 0.29) is 17.7 Å². The zero-order chi connectivity index (χ0) is 12.0. The van der Waals surface area contributed by atoms with E-state index in [2.05, 4.69) is 0 Å². The lowest BCUT2D eigenvalue weighted by molar-refractivity contribution is -0.0322. The molecule has 1 aliphatic heterocycles. The van der Waals surface area contributed by atoms with Crippen molar-refractivity contribution in [3.8, 4) is 0 Å². The number of ether oxygens (including phenoxy) is 1. The maximum absolute atomic E-state index is 12.0. The normalized spacial score (nSPS) is 28.0. The first kappa shape index (κ1) is 11.7. The molecule has 4 nitrogen and oxygen atoms in total. The Morgan fingerprint density at radius 1 is 1.44 bits per heavy atom. The van der Waals surface area contributed by atoms with Gasteiger partial charge in [0, 0.05) is 6.54 Å². The van der Waals surface area contributed by atoms with Crippen molar-refractivity contribution in [2.75, 3.05) is 6.54 Å². The molecule has 2 aliphatic rings. The van der Waals surface area contributed by atoms with Gasteiger partial charge in [0.15, 0.2) is 0 Å². The van der Waals surface area contributed by atoms with Crippen LogP contribution in [0, 0.1) is 0 Å². The van der Waals surface area contributed by atoms with Gasteiger partial charge in [-0.25, -0.2) is 4.79 Å². The Labute approximate surface area is 96.6 Å². The number of carbonyl (C=O) groups excluding carboxylic acids is 1. The molecule has 0 aromatic heterocycles. The third-order valence-electron chi connectivity index (χ3n) is 3.39. The molecule has 1 saturated carbocycles. The van der Waals surface area contributed by atoms with Gasteiger partial charge in [-0.3, -0.25) is 4.90 Å². The van der Waals surface area contributed by atoms with Gasteiger partial charge in [-0.2, -0.15) is 0 Å². The van der Waals surface area contributed by atoms with Crippen molar-refractivity contribution >= 4 is 6.09 Å². The maximum atomic E-state index is 12.0. The van der Waals surface area contributed by atoms with Crippen molar-refractivity contribution in [3.05, 3.63) is 0 Å². The molecular formula is C12H21NO3. The van der Waals surface area contributed by atoms with E-state index in [4.69, 9.17) is 4.74 Å². The van der Waals surface area contributed by atoms with Gasteiger partial charge in [-0.05, 0) is 46.5 Å². The molecule has 92 valence electrons. The molecule has 1 N–H and O–H groups in total. The standard InChI is InChI=1S/C12H21NO3/c1-11(2,3)16-10(15)13-8-4-5-9(14)12(13)6-7-12/h9,14H,4-8H2,1-3H3. The predicted molar refractivity (Wildman–Crippen MR) is 60.1 cm³/mol.